The van der Waals surface area contributed by atoms with Crippen molar-refractivity contribution in [1.82, 2.24) is 52.3 Å². The molecule has 0 amide bonds. The molecule has 0 saturated carbocycles. The topological polar surface area (TPSA) is 113 Å². The molecule has 3 aliphatic heterocycles. The van der Waals surface area contributed by atoms with Gasteiger partial charge in [0.2, 0.25) is 0 Å². The molecule has 0 fully saturated rings. The minimum atomic E-state index is 0. The standard InChI is InChI=1S/2C39H27N6.C38H26N5.3Pt/c1-42-25-44(35-19-7-6-18-34(35)42)28-13-8-14-29(24-28)45-36-23-27(20-21-31(36)32-16-10-22-40-39(32)45)38-41-33-17-9-15-30(37(33)43(38)2)26-11-4-3-5-12-26;1-42-25-44(36-16-7-6-15-35(36)42)29-12-8-13-30(24-29)45-37-23-28(17-19-31(37)32-14-9-21-40-39(32)45)38-41-33-22-27(18-20-34(33)43(38)2)26-10-4-3-5-11-26;1-40-24-42(35-17-8-7-16-34(35)40)28-12-9-13-29(23-28)43-33-15-6-5-14-30(33)31-19-18-27(22-36(31)43)38-39-32-20-25-10-3-4-11-26(25)21-37(32)41(38)2;;;/h2*3-22,25H,1-2H3;3-21,24H,1-2H3;;;/q3*-3;;;. The summed E-state index contributed by atoms with van der Waals surface area (Å²) in [6, 6.07) is 143. The fraction of sp³-hybridized carbons (Fsp3) is 0.0517. The zero-order chi connectivity index (χ0) is 88.8. The van der Waals surface area contributed by atoms with Crippen molar-refractivity contribution in [2.45, 2.75) is 0 Å². The Morgan fingerprint density at radius 3 is 1.15 bits per heavy atom. The Morgan fingerprint density at radius 1 is 0.250 bits per heavy atom. The number of benzene rings is 16. The van der Waals surface area contributed by atoms with Gasteiger partial charge in [-0.2, -0.15) is 38.2 Å². The van der Waals surface area contributed by atoms with E-state index < -0.39 is 0 Å². The summed E-state index contributed by atoms with van der Waals surface area (Å²) >= 11 is 0. The number of hydrogen-bond donors (Lipinski definition) is 0. The molecular weight excluding hydrogens is 2220 g/mol. The Balaban J connectivity index is 0.000000117. The van der Waals surface area contributed by atoms with Crippen LogP contribution in [0.2, 0.25) is 0 Å². The SMILES string of the molecule is CN1[CH-]N(c2[c-]c(-n3c4[c-]c(-c5nc6cc(-c7ccccc7)ccc6n5C)ccc4c4cccnc43)ccc2)c2ccccc21.CN1[CH-]N(c2[c-]c(-n3c4[c-]c(-c5nc6cc7ccccc7cc6n5C)ccc4c4ccccc43)ccc2)c2ccccc21.CN1[CH-]N(c2[c-]c(-n3c4[c-]c(-c5nc6cccc(-c7ccccc7)c6n5C)ccc4c4cccnc43)ccc2)c2ccccc21.[Pt].[Pt].[Pt]. The first kappa shape index (κ1) is 86.2. The van der Waals surface area contributed by atoms with Crippen LogP contribution in [0.15, 0.2) is 358 Å². The molecule has 0 atom stereocenters. The van der Waals surface area contributed by atoms with E-state index in [9.17, 15) is 0 Å². The maximum absolute atomic E-state index is 5.11. The van der Waals surface area contributed by atoms with E-state index in [1.165, 1.54) is 33.0 Å². The van der Waals surface area contributed by atoms with Gasteiger partial charge in [-0.1, -0.05) is 203 Å². The largest absolute Gasteiger partial charge is 0.504 e. The molecule has 3 aliphatic rings. The van der Waals surface area contributed by atoms with Crippen molar-refractivity contribution in [3.63, 3.8) is 0 Å². The van der Waals surface area contributed by atoms with Crippen molar-refractivity contribution in [2.24, 2.45) is 21.1 Å². The molecule has 11 heterocycles. The Morgan fingerprint density at radius 2 is 0.640 bits per heavy atom. The second kappa shape index (κ2) is 35.0. The number of anilines is 9. The summed E-state index contributed by atoms with van der Waals surface area (Å²) in [5, 5.41) is 9.06. The molecule has 0 bridgehead atoms. The summed E-state index contributed by atoms with van der Waals surface area (Å²) in [5.74, 6) is 2.63. The van der Waals surface area contributed by atoms with Crippen molar-refractivity contribution < 1.29 is 63.2 Å². The van der Waals surface area contributed by atoms with Gasteiger partial charge in [0.05, 0.1) is 50.6 Å². The summed E-state index contributed by atoms with van der Waals surface area (Å²) in [6.45, 7) is 6.32. The summed E-state index contributed by atoms with van der Waals surface area (Å²) < 4.78 is 13.1. The van der Waals surface area contributed by atoms with Gasteiger partial charge in [0, 0.05) is 142 Å². The Kier molecular flexibility index (Phi) is 22.2. The van der Waals surface area contributed by atoms with Crippen LogP contribution in [0, 0.1) is 56.4 Å². The van der Waals surface area contributed by atoms with E-state index in [0.29, 0.717) is 0 Å². The Bertz CT molecular complexity index is 8810. The van der Waals surface area contributed by atoms with Gasteiger partial charge >= 0.3 is 0 Å². The molecule has 0 spiro atoms. The smallest absolute Gasteiger partial charge is 0.132 e. The van der Waals surface area contributed by atoms with Crippen LogP contribution in [0.25, 0.3) is 183 Å². The molecule has 16 aromatic carbocycles. The number of para-hydroxylation sites is 8. The summed E-state index contributed by atoms with van der Waals surface area (Å²) in [4.78, 5) is 38.0. The van der Waals surface area contributed by atoms with Gasteiger partial charge < -0.3 is 56.8 Å². The predicted octanol–water partition coefficient (Wildman–Crippen LogP) is 26.2. The van der Waals surface area contributed by atoms with Gasteiger partial charge in [-0.15, -0.1) is 143 Å². The van der Waals surface area contributed by atoms with Gasteiger partial charge in [-0.3, -0.25) is 15.0 Å². The van der Waals surface area contributed by atoms with Gasteiger partial charge in [0.1, 0.15) is 11.3 Å². The van der Waals surface area contributed by atoms with Gasteiger partial charge in [0.15, 0.2) is 0 Å². The summed E-state index contributed by atoms with van der Waals surface area (Å²) in [7, 11) is 12.5. The molecule has 24 aromatic rings. The summed E-state index contributed by atoms with van der Waals surface area (Å²) in [5.41, 5.74) is 31.9. The molecule has 8 aromatic heterocycles. The van der Waals surface area contributed by atoms with Gasteiger partial charge in [-0.25, -0.2) is 9.97 Å². The third kappa shape index (κ3) is 14.4. The van der Waals surface area contributed by atoms with E-state index in [2.05, 4.69) is 477 Å². The van der Waals surface area contributed by atoms with Gasteiger partial charge in [-0.05, 0) is 166 Å². The average molecular weight is 2300 g/mol. The number of hydrogen-bond acceptors (Lipinski definition) is 11. The van der Waals surface area contributed by atoms with E-state index in [1.54, 1.807) is 0 Å². The van der Waals surface area contributed by atoms with Crippen LogP contribution >= 0.6 is 0 Å². The fourth-order valence-corrected chi connectivity index (χ4v) is 19.8. The normalized spacial score (nSPS) is 12.7. The van der Waals surface area contributed by atoms with Crippen LogP contribution in [0.4, 0.5) is 51.2 Å². The van der Waals surface area contributed by atoms with Crippen molar-refractivity contribution in [1.29, 1.82) is 0 Å². The second-order valence-corrected chi connectivity index (χ2v) is 34.0. The maximum Gasteiger partial charge on any atom is 0.132 e. The summed E-state index contributed by atoms with van der Waals surface area (Å²) in [6.07, 6.45) is 3.69. The monoisotopic (exact) mass is 2300 g/mol. The molecule has 136 heavy (non-hydrogen) atoms. The molecular formula is C116H80N17Pt3-9. The minimum absolute atomic E-state index is 0. The number of imidazole rings is 3. The van der Waals surface area contributed by atoms with Crippen molar-refractivity contribution in [3.05, 3.63) is 415 Å². The average Bonchev–Trinajstić information content (AvgIpc) is 1.58. The van der Waals surface area contributed by atoms with E-state index in [-0.39, 0.29) is 63.2 Å². The number of pyridine rings is 2. The number of aryl methyl sites for hydroxylation is 3. The van der Waals surface area contributed by atoms with E-state index in [4.69, 9.17) is 24.9 Å². The van der Waals surface area contributed by atoms with Gasteiger partial charge in [0.25, 0.3) is 0 Å². The molecule has 27 rings (SSSR count). The van der Waals surface area contributed by atoms with Crippen LogP contribution in [-0.4, -0.2) is 73.5 Å². The third-order valence-corrected chi connectivity index (χ3v) is 26.1. The molecule has 0 saturated heterocycles. The number of fused-ring (bicyclic) bond motifs is 16. The quantitative estimate of drug-likeness (QED) is 0.115. The fourth-order valence-electron chi connectivity index (χ4n) is 19.8. The zero-order valence-electron chi connectivity index (χ0n) is 74.3. The Hall–Kier alpha value is -15.2. The van der Waals surface area contributed by atoms with Crippen molar-refractivity contribution in [3.8, 4) is 73.5 Å². The van der Waals surface area contributed by atoms with Crippen LogP contribution in [0.5, 0.6) is 0 Å². The zero-order valence-corrected chi connectivity index (χ0v) is 81.2. The maximum atomic E-state index is 5.11. The van der Waals surface area contributed by atoms with Crippen molar-refractivity contribution >= 4 is 161 Å². The second-order valence-electron chi connectivity index (χ2n) is 34.0. The molecule has 0 unspecified atom stereocenters. The van der Waals surface area contributed by atoms with E-state index in [0.717, 1.165) is 201 Å². The number of rotatable bonds is 11. The molecule has 668 valence electrons. The molecule has 0 N–H and O–H groups in total. The first-order valence-electron chi connectivity index (χ1n) is 44.4. The predicted molar refractivity (Wildman–Crippen MR) is 542 cm³/mol. The number of aromatic nitrogens is 11. The molecule has 0 radical (unpaired) electrons. The van der Waals surface area contributed by atoms with Crippen LogP contribution < -0.4 is 29.4 Å². The first-order valence-corrected chi connectivity index (χ1v) is 44.4. The van der Waals surface area contributed by atoms with E-state index in [1.807, 2.05) is 36.7 Å². The number of nitrogens with zero attached hydrogens (tertiary/aromatic N) is 17. The van der Waals surface area contributed by atoms with Crippen LogP contribution in [-0.2, 0) is 84.3 Å². The molecule has 17 nitrogen and oxygen atoms in total. The molecule has 20 heteroatoms. The third-order valence-electron chi connectivity index (χ3n) is 26.1. The minimum Gasteiger partial charge on any atom is -0.504 e. The van der Waals surface area contributed by atoms with Crippen molar-refractivity contribution in [2.75, 3.05) is 50.5 Å². The van der Waals surface area contributed by atoms with E-state index >= 15 is 0 Å². The van der Waals surface area contributed by atoms with Crippen LogP contribution in [0.1, 0.15) is 0 Å². The van der Waals surface area contributed by atoms with Crippen LogP contribution in [0.3, 0.4) is 0 Å². The Labute approximate surface area is 829 Å². The molecule has 0 aliphatic carbocycles. The first-order chi connectivity index (χ1) is 65.4.